The Morgan fingerprint density at radius 1 is 1.50 bits per heavy atom. The average Bonchev–Trinajstić information content (AvgIpc) is 2.20. The van der Waals surface area contributed by atoms with Gasteiger partial charge in [0.1, 0.15) is 0 Å². The molecule has 0 spiro atoms. The summed E-state index contributed by atoms with van der Waals surface area (Å²) in [5.74, 6) is 0. The van der Waals surface area contributed by atoms with Crippen molar-refractivity contribution in [2.75, 3.05) is 5.32 Å². The van der Waals surface area contributed by atoms with Gasteiger partial charge in [-0.15, -0.1) is 0 Å². The molecule has 0 aliphatic carbocycles. The molecule has 0 bridgehead atoms. The second kappa shape index (κ2) is 4.66. The van der Waals surface area contributed by atoms with Crippen LogP contribution in [0.15, 0.2) is 18.2 Å². The van der Waals surface area contributed by atoms with Crippen molar-refractivity contribution in [2.24, 2.45) is 0 Å². The van der Waals surface area contributed by atoms with Gasteiger partial charge in [0.2, 0.25) is 0 Å². The smallest absolute Gasteiger partial charge is 0.0991 e. The number of hydrogen-bond acceptors (Lipinski definition) is 2. The van der Waals surface area contributed by atoms with E-state index in [1.807, 2.05) is 25.1 Å². The van der Waals surface area contributed by atoms with E-state index in [1.165, 1.54) is 0 Å². The van der Waals surface area contributed by atoms with Crippen LogP contribution in [-0.2, 0) is 0 Å². The second-order valence-electron chi connectivity index (χ2n) is 3.60. The van der Waals surface area contributed by atoms with E-state index in [1.54, 1.807) is 0 Å². The molecule has 0 amide bonds. The lowest BCUT2D eigenvalue weighted by atomic mass is 10.1. The van der Waals surface area contributed by atoms with Gasteiger partial charge in [-0.2, -0.15) is 5.26 Å². The molecule has 0 aliphatic rings. The molecule has 0 radical (unpaired) electrons. The molecule has 0 saturated heterocycles. The summed E-state index contributed by atoms with van der Waals surface area (Å²) in [7, 11) is 0. The van der Waals surface area contributed by atoms with Crippen molar-refractivity contribution >= 4 is 5.69 Å². The highest BCUT2D eigenvalue weighted by Gasteiger charge is 2.02. The predicted octanol–water partition coefficient (Wildman–Crippen LogP) is 3.08. The summed E-state index contributed by atoms with van der Waals surface area (Å²) in [5, 5.41) is 12.1. The Hall–Kier alpha value is -1.49. The number of benzene rings is 1. The van der Waals surface area contributed by atoms with Gasteiger partial charge in [0, 0.05) is 11.7 Å². The third-order valence-corrected chi connectivity index (χ3v) is 2.37. The van der Waals surface area contributed by atoms with Crippen LogP contribution in [0.2, 0.25) is 0 Å². The number of nitrogens with zero attached hydrogens (tertiary/aromatic N) is 1. The van der Waals surface area contributed by atoms with Gasteiger partial charge in [-0.3, -0.25) is 0 Å². The predicted molar refractivity (Wildman–Crippen MR) is 59.3 cm³/mol. The SMILES string of the molecule is CCC(C)Nc1ccc(C#N)cc1C. The van der Waals surface area contributed by atoms with E-state index in [4.69, 9.17) is 5.26 Å². The highest BCUT2D eigenvalue weighted by atomic mass is 14.9. The molecule has 2 nitrogen and oxygen atoms in total. The van der Waals surface area contributed by atoms with Crippen molar-refractivity contribution in [3.05, 3.63) is 29.3 Å². The Bertz CT molecular complexity index is 350. The summed E-state index contributed by atoms with van der Waals surface area (Å²) < 4.78 is 0. The molecular weight excluding hydrogens is 172 g/mol. The van der Waals surface area contributed by atoms with Crippen LogP contribution in [-0.4, -0.2) is 6.04 Å². The van der Waals surface area contributed by atoms with Crippen LogP contribution >= 0.6 is 0 Å². The number of hydrogen-bond donors (Lipinski definition) is 1. The normalized spacial score (nSPS) is 11.9. The number of nitrogens with one attached hydrogen (secondary N) is 1. The molecule has 0 aliphatic heterocycles. The third-order valence-electron chi connectivity index (χ3n) is 2.37. The maximum atomic E-state index is 8.71. The number of rotatable bonds is 3. The topological polar surface area (TPSA) is 35.8 Å². The van der Waals surface area contributed by atoms with Gasteiger partial charge in [-0.1, -0.05) is 6.92 Å². The van der Waals surface area contributed by atoms with Gasteiger partial charge in [0.25, 0.3) is 0 Å². The molecule has 1 unspecified atom stereocenters. The van der Waals surface area contributed by atoms with Crippen molar-refractivity contribution in [1.82, 2.24) is 0 Å². The first-order valence-electron chi connectivity index (χ1n) is 4.94. The quantitative estimate of drug-likeness (QED) is 0.791. The fraction of sp³-hybridized carbons (Fsp3) is 0.417. The summed E-state index contributed by atoms with van der Waals surface area (Å²) >= 11 is 0. The summed E-state index contributed by atoms with van der Waals surface area (Å²) in [4.78, 5) is 0. The standard InChI is InChI=1S/C12H16N2/c1-4-10(3)14-12-6-5-11(8-13)7-9(12)2/h5-7,10,14H,4H2,1-3H3. The first-order valence-corrected chi connectivity index (χ1v) is 4.94. The van der Waals surface area contributed by atoms with Crippen molar-refractivity contribution in [3.8, 4) is 6.07 Å². The molecule has 1 rings (SSSR count). The fourth-order valence-corrected chi connectivity index (χ4v) is 1.26. The molecule has 74 valence electrons. The summed E-state index contributed by atoms with van der Waals surface area (Å²) in [6.07, 6.45) is 1.10. The largest absolute Gasteiger partial charge is 0.382 e. The Morgan fingerprint density at radius 3 is 2.71 bits per heavy atom. The molecule has 1 N–H and O–H groups in total. The lowest BCUT2D eigenvalue weighted by Crippen LogP contribution is -2.14. The molecule has 1 aromatic carbocycles. The number of anilines is 1. The van der Waals surface area contributed by atoms with Crippen LogP contribution < -0.4 is 5.32 Å². The van der Waals surface area contributed by atoms with Gasteiger partial charge in [0.05, 0.1) is 11.6 Å². The monoisotopic (exact) mass is 188 g/mol. The minimum absolute atomic E-state index is 0.474. The molecule has 1 aromatic rings. The van der Waals surface area contributed by atoms with E-state index in [0.717, 1.165) is 23.2 Å². The molecule has 0 fully saturated rings. The van der Waals surface area contributed by atoms with Gasteiger partial charge < -0.3 is 5.32 Å². The van der Waals surface area contributed by atoms with Gasteiger partial charge in [-0.25, -0.2) is 0 Å². The van der Waals surface area contributed by atoms with Crippen molar-refractivity contribution in [1.29, 1.82) is 5.26 Å². The minimum Gasteiger partial charge on any atom is -0.382 e. The van der Waals surface area contributed by atoms with Crippen molar-refractivity contribution in [3.63, 3.8) is 0 Å². The number of nitriles is 1. The van der Waals surface area contributed by atoms with E-state index in [-0.39, 0.29) is 0 Å². The van der Waals surface area contributed by atoms with Crippen molar-refractivity contribution < 1.29 is 0 Å². The molecule has 0 saturated carbocycles. The molecule has 0 aromatic heterocycles. The summed E-state index contributed by atoms with van der Waals surface area (Å²) in [6, 6.07) is 8.33. The highest BCUT2D eigenvalue weighted by Crippen LogP contribution is 2.17. The first kappa shape index (κ1) is 10.6. The second-order valence-corrected chi connectivity index (χ2v) is 3.60. The zero-order valence-electron chi connectivity index (χ0n) is 8.96. The van der Waals surface area contributed by atoms with Crippen LogP contribution in [0.5, 0.6) is 0 Å². The highest BCUT2D eigenvalue weighted by molar-refractivity contribution is 5.54. The fourth-order valence-electron chi connectivity index (χ4n) is 1.26. The first-order chi connectivity index (χ1) is 6.67. The maximum absolute atomic E-state index is 8.71. The maximum Gasteiger partial charge on any atom is 0.0991 e. The third kappa shape index (κ3) is 2.50. The van der Waals surface area contributed by atoms with E-state index >= 15 is 0 Å². The Morgan fingerprint density at radius 2 is 2.21 bits per heavy atom. The van der Waals surface area contributed by atoms with Crippen LogP contribution in [0.3, 0.4) is 0 Å². The molecular formula is C12H16N2. The molecule has 2 heteroatoms. The lowest BCUT2D eigenvalue weighted by molar-refractivity contribution is 0.763. The Balaban J connectivity index is 2.85. The van der Waals surface area contributed by atoms with Gasteiger partial charge in [0.15, 0.2) is 0 Å². The van der Waals surface area contributed by atoms with Crippen LogP contribution in [0.25, 0.3) is 0 Å². The summed E-state index contributed by atoms with van der Waals surface area (Å²) in [5.41, 5.74) is 2.97. The Kier molecular flexibility index (Phi) is 3.53. The zero-order chi connectivity index (χ0) is 10.6. The minimum atomic E-state index is 0.474. The van der Waals surface area contributed by atoms with Crippen LogP contribution in [0.4, 0.5) is 5.69 Å². The number of aryl methyl sites for hydroxylation is 1. The van der Waals surface area contributed by atoms with E-state index in [9.17, 15) is 0 Å². The average molecular weight is 188 g/mol. The van der Waals surface area contributed by atoms with Gasteiger partial charge in [-0.05, 0) is 44.0 Å². The van der Waals surface area contributed by atoms with E-state index in [2.05, 4.69) is 25.2 Å². The summed E-state index contributed by atoms with van der Waals surface area (Å²) in [6.45, 7) is 6.32. The van der Waals surface area contributed by atoms with Gasteiger partial charge >= 0.3 is 0 Å². The molecule has 0 heterocycles. The Labute approximate surface area is 85.6 Å². The molecule has 14 heavy (non-hydrogen) atoms. The van der Waals surface area contributed by atoms with Crippen LogP contribution in [0, 0.1) is 18.3 Å². The lowest BCUT2D eigenvalue weighted by Gasteiger charge is -2.15. The molecule has 1 atom stereocenters. The van der Waals surface area contributed by atoms with Crippen LogP contribution in [0.1, 0.15) is 31.4 Å². The van der Waals surface area contributed by atoms with E-state index in [0.29, 0.717) is 6.04 Å². The van der Waals surface area contributed by atoms with Crippen molar-refractivity contribution in [2.45, 2.75) is 33.2 Å². The van der Waals surface area contributed by atoms with E-state index < -0.39 is 0 Å². The zero-order valence-corrected chi connectivity index (χ0v) is 8.96.